The molecule has 0 spiro atoms. The molecular formula is C21H22N2O5S3. The van der Waals surface area contributed by atoms with Crippen LogP contribution in [0.2, 0.25) is 0 Å². The fourth-order valence-corrected chi connectivity index (χ4v) is 6.54. The van der Waals surface area contributed by atoms with Crippen LogP contribution in [-0.4, -0.2) is 43.9 Å². The highest BCUT2D eigenvalue weighted by molar-refractivity contribution is 7.89. The smallest absolute Gasteiger partial charge is 0.310 e. The van der Waals surface area contributed by atoms with Crippen molar-refractivity contribution >= 4 is 38.7 Å². The van der Waals surface area contributed by atoms with Gasteiger partial charge in [-0.3, -0.25) is 4.79 Å². The van der Waals surface area contributed by atoms with E-state index in [1.54, 1.807) is 23.5 Å². The summed E-state index contributed by atoms with van der Waals surface area (Å²) < 4.78 is 37.9. The monoisotopic (exact) mass is 478 g/mol. The number of piperidine rings is 1. The normalized spacial score (nSPS) is 17.4. The highest BCUT2D eigenvalue weighted by Crippen LogP contribution is 2.29. The van der Waals surface area contributed by atoms with Crippen LogP contribution in [-0.2, 0) is 26.2 Å². The van der Waals surface area contributed by atoms with Gasteiger partial charge in [-0.1, -0.05) is 6.07 Å². The Morgan fingerprint density at radius 2 is 2.03 bits per heavy atom. The second kappa shape index (κ2) is 9.47. The van der Waals surface area contributed by atoms with Crippen LogP contribution >= 0.6 is 22.7 Å². The van der Waals surface area contributed by atoms with Gasteiger partial charge in [-0.2, -0.15) is 4.31 Å². The summed E-state index contributed by atoms with van der Waals surface area (Å²) in [5.41, 5.74) is 0.695. The van der Waals surface area contributed by atoms with E-state index in [0.29, 0.717) is 30.8 Å². The van der Waals surface area contributed by atoms with Crippen LogP contribution in [0, 0.1) is 5.92 Å². The molecule has 0 N–H and O–H groups in total. The second-order valence-corrected chi connectivity index (χ2v) is 10.9. The highest BCUT2D eigenvalue weighted by atomic mass is 32.2. The third kappa shape index (κ3) is 4.98. The lowest BCUT2D eigenvalue weighted by molar-refractivity contribution is -0.151. The number of thiazole rings is 1. The van der Waals surface area contributed by atoms with Crippen LogP contribution in [0.15, 0.2) is 52.1 Å². The van der Waals surface area contributed by atoms with Gasteiger partial charge >= 0.3 is 5.97 Å². The number of hydrogen-bond donors (Lipinski definition) is 0. The molecule has 1 saturated heterocycles. The summed E-state index contributed by atoms with van der Waals surface area (Å²) in [5, 5.41) is 4.77. The summed E-state index contributed by atoms with van der Waals surface area (Å²) in [6, 6.07) is 10.2. The van der Waals surface area contributed by atoms with Crippen molar-refractivity contribution in [2.75, 3.05) is 20.2 Å². The minimum Gasteiger partial charge on any atom is -0.497 e. The summed E-state index contributed by atoms with van der Waals surface area (Å²) in [4.78, 5) is 18.4. The minimum atomic E-state index is -3.68. The zero-order valence-electron chi connectivity index (χ0n) is 16.9. The number of ether oxygens (including phenoxy) is 2. The first-order valence-corrected chi connectivity index (χ1v) is 13.0. The SMILES string of the molecule is COc1ccc(S(=O)(=O)N2CCCC(C(=O)OCc3csc(-c4cccs4)n3)C2)cc1. The number of sulfonamides is 1. The Kier molecular flexibility index (Phi) is 6.71. The predicted molar refractivity (Wildman–Crippen MR) is 120 cm³/mol. The van der Waals surface area contributed by atoms with Crippen LogP contribution < -0.4 is 4.74 Å². The van der Waals surface area contributed by atoms with Crippen molar-refractivity contribution in [2.24, 2.45) is 5.92 Å². The van der Waals surface area contributed by atoms with E-state index < -0.39 is 15.9 Å². The lowest BCUT2D eigenvalue weighted by Crippen LogP contribution is -2.42. The van der Waals surface area contributed by atoms with Crippen LogP contribution in [0.1, 0.15) is 18.5 Å². The Morgan fingerprint density at radius 1 is 1.23 bits per heavy atom. The summed E-state index contributed by atoms with van der Waals surface area (Å²) in [6.07, 6.45) is 1.21. The predicted octanol–water partition coefficient (Wildman–Crippen LogP) is 4.02. The molecule has 0 saturated carbocycles. The second-order valence-electron chi connectivity index (χ2n) is 7.11. The van der Waals surface area contributed by atoms with E-state index in [-0.39, 0.29) is 24.0 Å². The van der Waals surface area contributed by atoms with Gasteiger partial charge in [0.25, 0.3) is 0 Å². The third-order valence-electron chi connectivity index (χ3n) is 5.06. The average Bonchev–Trinajstić information content (AvgIpc) is 3.49. The molecule has 4 rings (SSSR count). The van der Waals surface area contributed by atoms with E-state index in [1.807, 2.05) is 22.9 Å². The van der Waals surface area contributed by atoms with Crippen molar-refractivity contribution < 1.29 is 22.7 Å². The van der Waals surface area contributed by atoms with Gasteiger partial charge in [-0.15, -0.1) is 22.7 Å². The number of aromatic nitrogens is 1. The van der Waals surface area contributed by atoms with E-state index in [9.17, 15) is 13.2 Å². The highest BCUT2D eigenvalue weighted by Gasteiger charge is 2.34. The zero-order chi connectivity index (χ0) is 21.8. The van der Waals surface area contributed by atoms with E-state index in [0.717, 1.165) is 9.88 Å². The number of carbonyl (C=O) groups is 1. The van der Waals surface area contributed by atoms with Gasteiger partial charge in [0.05, 0.1) is 28.5 Å². The molecule has 31 heavy (non-hydrogen) atoms. The molecule has 0 amide bonds. The number of carbonyl (C=O) groups excluding carboxylic acids is 1. The van der Waals surface area contributed by atoms with Crippen molar-refractivity contribution in [3.05, 3.63) is 52.9 Å². The molecule has 1 aliphatic rings. The van der Waals surface area contributed by atoms with Crippen molar-refractivity contribution in [3.8, 4) is 15.6 Å². The molecule has 164 valence electrons. The fourth-order valence-electron chi connectivity index (χ4n) is 3.40. The number of esters is 1. The van der Waals surface area contributed by atoms with E-state index >= 15 is 0 Å². The quantitative estimate of drug-likeness (QED) is 0.477. The van der Waals surface area contributed by atoms with Crippen LogP contribution in [0.3, 0.4) is 0 Å². The lowest BCUT2D eigenvalue weighted by atomic mass is 10.00. The standard InChI is InChI=1S/C21H22N2O5S3/c1-27-17-6-8-18(9-7-17)31(25,26)23-10-2-4-15(12-23)21(24)28-13-16-14-30-20(22-16)19-5-3-11-29-19/h3,5-9,11,14-15H,2,4,10,12-13H2,1H3. The largest absolute Gasteiger partial charge is 0.497 e. The Balaban J connectivity index is 1.37. The van der Waals surface area contributed by atoms with Crippen LogP contribution in [0.4, 0.5) is 0 Å². The molecule has 3 heterocycles. The fraction of sp³-hybridized carbons (Fsp3) is 0.333. The van der Waals surface area contributed by atoms with Gasteiger partial charge in [-0.25, -0.2) is 13.4 Å². The summed E-state index contributed by atoms with van der Waals surface area (Å²) in [7, 11) is -2.16. The van der Waals surface area contributed by atoms with Crippen molar-refractivity contribution in [2.45, 2.75) is 24.3 Å². The Hall–Kier alpha value is -2.27. The lowest BCUT2D eigenvalue weighted by Gasteiger charge is -2.30. The maximum Gasteiger partial charge on any atom is 0.310 e. The number of methoxy groups -OCH3 is 1. The van der Waals surface area contributed by atoms with Crippen LogP contribution in [0.25, 0.3) is 9.88 Å². The number of nitrogens with zero attached hydrogens (tertiary/aromatic N) is 2. The summed E-state index contributed by atoms with van der Waals surface area (Å²) in [5.74, 6) is -0.291. The molecule has 0 radical (unpaired) electrons. The molecule has 0 bridgehead atoms. The van der Waals surface area contributed by atoms with Gasteiger partial charge in [0, 0.05) is 18.5 Å². The maximum atomic E-state index is 13.0. The van der Waals surface area contributed by atoms with E-state index in [1.165, 1.54) is 34.9 Å². The van der Waals surface area contributed by atoms with Gasteiger partial charge < -0.3 is 9.47 Å². The number of thiophene rings is 1. The molecular weight excluding hydrogens is 456 g/mol. The molecule has 7 nitrogen and oxygen atoms in total. The van der Waals surface area contributed by atoms with E-state index in [2.05, 4.69) is 4.98 Å². The Bertz CT molecular complexity index is 1120. The topological polar surface area (TPSA) is 85.8 Å². The first kappa shape index (κ1) is 21.9. The van der Waals surface area contributed by atoms with Gasteiger partial charge in [0.1, 0.15) is 17.4 Å². The van der Waals surface area contributed by atoms with Crippen LogP contribution in [0.5, 0.6) is 5.75 Å². The van der Waals surface area contributed by atoms with Crippen molar-refractivity contribution in [1.29, 1.82) is 0 Å². The van der Waals surface area contributed by atoms with Crippen molar-refractivity contribution in [3.63, 3.8) is 0 Å². The zero-order valence-corrected chi connectivity index (χ0v) is 19.3. The van der Waals surface area contributed by atoms with Crippen molar-refractivity contribution in [1.82, 2.24) is 9.29 Å². The molecule has 1 fully saturated rings. The summed E-state index contributed by atoms with van der Waals surface area (Å²) in [6.45, 7) is 0.585. The number of hydrogen-bond acceptors (Lipinski definition) is 8. The summed E-state index contributed by atoms with van der Waals surface area (Å²) >= 11 is 3.12. The molecule has 10 heteroatoms. The first-order chi connectivity index (χ1) is 15.0. The Labute approximate surface area is 189 Å². The average molecular weight is 479 g/mol. The molecule has 1 aliphatic heterocycles. The third-order valence-corrected chi connectivity index (χ3v) is 8.87. The number of benzene rings is 1. The molecule has 3 aromatic rings. The first-order valence-electron chi connectivity index (χ1n) is 9.76. The Morgan fingerprint density at radius 3 is 2.74 bits per heavy atom. The molecule has 0 aliphatic carbocycles. The molecule has 1 atom stereocenters. The minimum absolute atomic E-state index is 0.0858. The molecule has 1 unspecified atom stereocenters. The van der Waals surface area contributed by atoms with Gasteiger partial charge in [-0.05, 0) is 48.6 Å². The molecule has 1 aromatic carbocycles. The van der Waals surface area contributed by atoms with Gasteiger partial charge in [0.15, 0.2) is 0 Å². The molecule has 2 aromatic heterocycles. The number of rotatable bonds is 7. The maximum absolute atomic E-state index is 13.0. The van der Waals surface area contributed by atoms with Gasteiger partial charge in [0.2, 0.25) is 10.0 Å². The van der Waals surface area contributed by atoms with E-state index in [4.69, 9.17) is 9.47 Å².